The third-order valence-electron chi connectivity index (χ3n) is 4.68. The Bertz CT molecular complexity index is 1230. The van der Waals surface area contributed by atoms with E-state index in [1.54, 1.807) is 4.57 Å². The zero-order valence-electron chi connectivity index (χ0n) is 16.3. The molecule has 1 N–H and O–H groups in total. The minimum atomic E-state index is -0.115. The number of benzene rings is 2. The minimum Gasteiger partial charge on any atom is -0.394 e. The molecular weight excluding hydrogens is 388 g/mol. The summed E-state index contributed by atoms with van der Waals surface area (Å²) in [5.74, 6) is 1.15. The summed E-state index contributed by atoms with van der Waals surface area (Å²) < 4.78 is 8.89. The maximum absolute atomic E-state index is 13.4. The quantitative estimate of drug-likeness (QED) is 0.373. The number of thioether (sulfide) groups is 1. The van der Waals surface area contributed by atoms with Gasteiger partial charge in [-0.3, -0.25) is 9.20 Å². The zero-order chi connectivity index (χ0) is 20.4. The summed E-state index contributed by atoms with van der Waals surface area (Å²) >= 11 is 1.51. The summed E-state index contributed by atoms with van der Waals surface area (Å²) in [5, 5.41) is 18.8. The van der Waals surface area contributed by atoms with Gasteiger partial charge in [0.2, 0.25) is 5.78 Å². The van der Waals surface area contributed by atoms with Crippen molar-refractivity contribution in [2.45, 2.75) is 19.0 Å². The van der Waals surface area contributed by atoms with Gasteiger partial charge in [0.1, 0.15) is 0 Å². The van der Waals surface area contributed by atoms with Crippen LogP contribution in [0.15, 0.2) is 52.4 Å². The first-order chi connectivity index (χ1) is 14.1. The highest BCUT2D eigenvalue weighted by molar-refractivity contribution is 7.99. The summed E-state index contributed by atoms with van der Waals surface area (Å²) in [7, 11) is 0. The number of aryl methyl sites for hydroxylation is 2. The first-order valence-corrected chi connectivity index (χ1v) is 10.4. The molecule has 4 aromatic rings. The lowest BCUT2D eigenvalue weighted by molar-refractivity contribution is 0.103. The normalized spacial score (nSPS) is 11.6. The van der Waals surface area contributed by atoms with Crippen LogP contribution < -0.4 is 5.56 Å². The number of aliphatic hydroxyl groups is 1. The Morgan fingerprint density at radius 3 is 2.72 bits per heavy atom. The Hall–Kier alpha value is -2.68. The van der Waals surface area contributed by atoms with Crippen molar-refractivity contribution in [3.8, 4) is 5.69 Å². The van der Waals surface area contributed by atoms with E-state index in [0.717, 1.165) is 22.3 Å². The highest BCUT2D eigenvalue weighted by Crippen LogP contribution is 2.24. The van der Waals surface area contributed by atoms with E-state index in [1.165, 1.54) is 11.8 Å². The Labute approximate surface area is 172 Å². The largest absolute Gasteiger partial charge is 0.394 e. The van der Waals surface area contributed by atoms with Gasteiger partial charge in [0.25, 0.3) is 5.56 Å². The van der Waals surface area contributed by atoms with E-state index in [2.05, 4.69) is 16.3 Å². The SMILES string of the molecule is Cc1ccc(-n2c(=O)c3ccccc3n3c(SCCOCCO)nnc23)c(C)c1. The van der Waals surface area contributed by atoms with Gasteiger partial charge in [-0.05, 0) is 37.6 Å². The molecule has 4 rings (SSSR count). The second-order valence-electron chi connectivity index (χ2n) is 6.75. The number of hydrogen-bond donors (Lipinski definition) is 1. The maximum Gasteiger partial charge on any atom is 0.267 e. The third-order valence-corrected chi connectivity index (χ3v) is 5.58. The molecule has 0 atom stereocenters. The molecule has 2 heterocycles. The van der Waals surface area contributed by atoms with Gasteiger partial charge in [0.05, 0.1) is 36.4 Å². The molecule has 8 heteroatoms. The van der Waals surface area contributed by atoms with Gasteiger partial charge in [0, 0.05) is 5.75 Å². The molecule has 0 spiro atoms. The number of aromatic nitrogens is 4. The number of hydrogen-bond acceptors (Lipinski definition) is 6. The lowest BCUT2D eigenvalue weighted by atomic mass is 10.1. The van der Waals surface area contributed by atoms with Crippen molar-refractivity contribution < 1.29 is 9.84 Å². The van der Waals surface area contributed by atoms with Crippen LogP contribution in [0.4, 0.5) is 0 Å². The van der Waals surface area contributed by atoms with Crippen LogP contribution in [0.25, 0.3) is 22.4 Å². The number of nitrogens with zero attached hydrogens (tertiary/aromatic N) is 4. The standard InChI is InChI=1S/C21H22N4O3S/c1-14-7-8-17(15(2)13-14)24-19(27)16-5-3-4-6-18(16)25-20(24)22-23-21(25)29-12-11-28-10-9-26/h3-8,13,26H,9-12H2,1-2H3. The van der Waals surface area contributed by atoms with Crippen molar-refractivity contribution in [2.24, 2.45) is 0 Å². The summed E-state index contributed by atoms with van der Waals surface area (Å²) in [5.41, 5.74) is 3.59. The fourth-order valence-corrected chi connectivity index (χ4v) is 4.20. The van der Waals surface area contributed by atoms with Gasteiger partial charge in [-0.15, -0.1) is 10.2 Å². The van der Waals surface area contributed by atoms with Crippen molar-refractivity contribution in [1.82, 2.24) is 19.2 Å². The molecule has 150 valence electrons. The average molecular weight is 410 g/mol. The molecule has 0 unspecified atom stereocenters. The van der Waals surface area contributed by atoms with Crippen LogP contribution in [0, 0.1) is 13.8 Å². The van der Waals surface area contributed by atoms with E-state index in [1.807, 2.05) is 54.6 Å². The van der Waals surface area contributed by atoms with Gasteiger partial charge in [-0.2, -0.15) is 0 Å². The fourth-order valence-electron chi connectivity index (χ4n) is 3.40. The molecule has 0 saturated heterocycles. The van der Waals surface area contributed by atoms with E-state index < -0.39 is 0 Å². The smallest absolute Gasteiger partial charge is 0.267 e. The van der Waals surface area contributed by atoms with Crippen molar-refractivity contribution >= 4 is 28.4 Å². The highest BCUT2D eigenvalue weighted by atomic mass is 32.2. The summed E-state index contributed by atoms with van der Waals surface area (Å²) in [6, 6.07) is 13.5. The Kier molecular flexibility index (Phi) is 5.66. The molecule has 0 radical (unpaired) electrons. The predicted molar refractivity (Wildman–Crippen MR) is 114 cm³/mol. The number of ether oxygens (including phenoxy) is 1. The molecule has 0 aliphatic carbocycles. The van der Waals surface area contributed by atoms with Gasteiger partial charge < -0.3 is 9.84 Å². The number of para-hydroxylation sites is 1. The van der Waals surface area contributed by atoms with E-state index >= 15 is 0 Å². The molecule has 0 aliphatic heterocycles. The van der Waals surface area contributed by atoms with E-state index in [9.17, 15) is 4.79 Å². The summed E-state index contributed by atoms with van der Waals surface area (Å²) in [6.07, 6.45) is 0. The van der Waals surface area contributed by atoms with Crippen LogP contribution in [0.5, 0.6) is 0 Å². The molecule has 0 aliphatic rings. The number of aliphatic hydroxyl groups excluding tert-OH is 1. The monoisotopic (exact) mass is 410 g/mol. The lowest BCUT2D eigenvalue weighted by Gasteiger charge is -2.13. The van der Waals surface area contributed by atoms with Crippen LogP contribution >= 0.6 is 11.8 Å². The molecule has 0 bridgehead atoms. The number of fused-ring (bicyclic) bond motifs is 3. The van der Waals surface area contributed by atoms with E-state index in [-0.39, 0.29) is 12.2 Å². The topological polar surface area (TPSA) is 81.7 Å². The Morgan fingerprint density at radius 1 is 1.10 bits per heavy atom. The summed E-state index contributed by atoms with van der Waals surface area (Å²) in [4.78, 5) is 13.4. The van der Waals surface area contributed by atoms with Gasteiger partial charge in [0.15, 0.2) is 5.16 Å². The van der Waals surface area contributed by atoms with Crippen LogP contribution in [-0.4, -0.2) is 49.8 Å². The second kappa shape index (κ2) is 8.36. The molecule has 7 nitrogen and oxygen atoms in total. The highest BCUT2D eigenvalue weighted by Gasteiger charge is 2.18. The van der Waals surface area contributed by atoms with Crippen LogP contribution in [-0.2, 0) is 4.74 Å². The first-order valence-electron chi connectivity index (χ1n) is 9.39. The Balaban J connectivity index is 1.90. The summed E-state index contributed by atoms with van der Waals surface area (Å²) in [6.45, 7) is 4.83. The van der Waals surface area contributed by atoms with E-state index in [4.69, 9.17) is 9.84 Å². The molecule has 0 fully saturated rings. The molecule has 29 heavy (non-hydrogen) atoms. The van der Waals surface area contributed by atoms with Crippen LogP contribution in [0.1, 0.15) is 11.1 Å². The van der Waals surface area contributed by atoms with Crippen molar-refractivity contribution in [3.63, 3.8) is 0 Å². The average Bonchev–Trinajstić information content (AvgIpc) is 3.13. The Morgan fingerprint density at radius 2 is 1.93 bits per heavy atom. The lowest BCUT2D eigenvalue weighted by Crippen LogP contribution is -2.22. The maximum atomic E-state index is 13.4. The fraction of sp³-hybridized carbons (Fsp3) is 0.286. The van der Waals surface area contributed by atoms with Crippen LogP contribution in [0.2, 0.25) is 0 Å². The molecule has 2 aromatic carbocycles. The minimum absolute atomic E-state index is 0.00530. The van der Waals surface area contributed by atoms with Gasteiger partial charge in [-0.1, -0.05) is 41.6 Å². The zero-order valence-corrected chi connectivity index (χ0v) is 17.1. The predicted octanol–water partition coefficient (Wildman–Crippen LogP) is 2.75. The molecule has 0 amide bonds. The van der Waals surface area contributed by atoms with Gasteiger partial charge >= 0.3 is 0 Å². The second-order valence-corrected chi connectivity index (χ2v) is 7.81. The molecule has 0 saturated carbocycles. The molecule has 2 aromatic heterocycles. The van der Waals surface area contributed by atoms with Crippen molar-refractivity contribution in [3.05, 3.63) is 63.9 Å². The first kappa shape index (κ1) is 19.6. The molecular formula is C21H22N4O3S. The van der Waals surface area contributed by atoms with Crippen molar-refractivity contribution in [1.29, 1.82) is 0 Å². The van der Waals surface area contributed by atoms with Crippen molar-refractivity contribution in [2.75, 3.05) is 25.6 Å². The van der Waals surface area contributed by atoms with E-state index in [0.29, 0.717) is 35.3 Å². The third kappa shape index (κ3) is 3.66. The van der Waals surface area contributed by atoms with Gasteiger partial charge in [-0.25, -0.2) is 4.57 Å². The number of rotatable bonds is 7. The van der Waals surface area contributed by atoms with Crippen LogP contribution in [0.3, 0.4) is 0 Å².